The summed E-state index contributed by atoms with van der Waals surface area (Å²) in [5.74, 6) is 0. The van der Waals surface area contributed by atoms with E-state index in [2.05, 4.69) is 199 Å². The molecule has 0 radical (unpaired) electrons. The first-order chi connectivity index (χ1) is 29.6. The van der Waals surface area contributed by atoms with Crippen LogP contribution < -0.4 is 37.1 Å². The van der Waals surface area contributed by atoms with Crippen molar-refractivity contribution in [3.8, 4) is 44.9 Å². The molecule has 0 saturated carbocycles. The van der Waals surface area contributed by atoms with E-state index in [1.165, 1.54) is 137 Å². The molecule has 11 aromatic rings. The normalized spacial score (nSPS) is 14.3. The fourth-order valence-electron chi connectivity index (χ4n) is 12.8. The smallest absolute Gasteiger partial charge is 0.252 e. The zero-order chi connectivity index (χ0) is 39.2. The highest BCUT2D eigenvalue weighted by molar-refractivity contribution is 7.24. The first-order valence-corrected chi connectivity index (χ1v) is 23.3. The SMILES string of the molecule is Cc1cc2c3c(c1)c1cc(C)cc4c1n3-c1c(ccc3c1B2c1cc2ccccc2c2c(-c5ccccc5)c(-c5ccccc5)n-3c12)[Si]41c2ccccc2-c2ccccc21. The van der Waals surface area contributed by atoms with Crippen LogP contribution in [0.25, 0.3) is 88.4 Å². The number of aryl methyl sites for hydroxylation is 2. The number of aromatic nitrogens is 2. The summed E-state index contributed by atoms with van der Waals surface area (Å²) in [6, 6.07) is 68.0. The molecule has 0 saturated heterocycles. The van der Waals surface area contributed by atoms with Crippen LogP contribution >= 0.6 is 0 Å². The number of benzene rings is 9. The monoisotopic (exact) mass is 774 g/mol. The highest BCUT2D eigenvalue weighted by atomic mass is 28.3. The van der Waals surface area contributed by atoms with E-state index < -0.39 is 8.07 Å². The number of rotatable bonds is 2. The fourth-order valence-corrected chi connectivity index (χ4v) is 18.5. The minimum atomic E-state index is -2.84. The largest absolute Gasteiger partial charge is 0.310 e. The first-order valence-electron chi connectivity index (χ1n) is 21.3. The van der Waals surface area contributed by atoms with Crippen LogP contribution in [0.5, 0.6) is 0 Å². The van der Waals surface area contributed by atoms with Gasteiger partial charge in [0.25, 0.3) is 6.71 Å². The molecule has 276 valence electrons. The summed E-state index contributed by atoms with van der Waals surface area (Å²) in [5.41, 5.74) is 21.6. The number of hydrogen-bond donors (Lipinski definition) is 0. The highest BCUT2D eigenvalue weighted by Crippen LogP contribution is 2.48. The Morgan fingerprint density at radius 2 is 1.07 bits per heavy atom. The van der Waals surface area contributed by atoms with Crippen LogP contribution in [0.2, 0.25) is 0 Å². The van der Waals surface area contributed by atoms with Gasteiger partial charge < -0.3 is 9.13 Å². The molecule has 0 fully saturated rings. The first kappa shape index (κ1) is 31.8. The summed E-state index contributed by atoms with van der Waals surface area (Å²) in [7, 11) is -2.84. The molecule has 0 unspecified atom stereocenters. The Hall–Kier alpha value is -7.14. The van der Waals surface area contributed by atoms with Crippen molar-refractivity contribution in [3.63, 3.8) is 0 Å². The van der Waals surface area contributed by atoms with Crippen molar-refractivity contribution in [3.05, 3.63) is 187 Å². The number of nitrogens with zero attached hydrogens (tertiary/aromatic N) is 2. The molecule has 2 nitrogen and oxygen atoms in total. The van der Waals surface area contributed by atoms with E-state index in [4.69, 9.17) is 0 Å². The Labute approximate surface area is 348 Å². The summed E-state index contributed by atoms with van der Waals surface area (Å²) in [6.07, 6.45) is 0. The molecule has 60 heavy (non-hydrogen) atoms. The Bertz CT molecular complexity index is 3750. The van der Waals surface area contributed by atoms with Crippen molar-refractivity contribution in [2.45, 2.75) is 13.8 Å². The maximum Gasteiger partial charge on any atom is 0.252 e. The summed E-state index contributed by atoms with van der Waals surface area (Å²) < 4.78 is 5.45. The average Bonchev–Trinajstić information content (AvgIpc) is 3.92. The molecule has 15 rings (SSSR count). The van der Waals surface area contributed by atoms with Gasteiger partial charge in [-0.05, 0) is 102 Å². The standard InChI is InChI=1S/C56H35BN2Si/c1-32-27-40-41-28-33(2)30-48-54(41)59-53(40)42(29-32)57-43-31-36-19-9-10-20-37(36)50-49(34-15-5-3-6-16-34)52(35-17-7-4-8-18-35)58(55(43)50)44-25-26-47(56(59)51(44)57)60(48)45-23-13-11-21-38(45)39-22-12-14-24-46(39)60/h3-31H,1-2H3. The average molecular weight is 775 g/mol. The maximum atomic E-state index is 2.76. The van der Waals surface area contributed by atoms with E-state index in [1.54, 1.807) is 0 Å². The van der Waals surface area contributed by atoms with Gasteiger partial charge in [0.1, 0.15) is 0 Å². The Kier molecular flexibility index (Phi) is 5.68. The van der Waals surface area contributed by atoms with E-state index >= 15 is 0 Å². The predicted molar refractivity (Wildman–Crippen MR) is 256 cm³/mol. The van der Waals surface area contributed by atoms with Crippen molar-refractivity contribution in [1.82, 2.24) is 9.13 Å². The van der Waals surface area contributed by atoms with Gasteiger partial charge in [0.2, 0.25) is 0 Å². The van der Waals surface area contributed by atoms with Gasteiger partial charge in [0.05, 0.1) is 16.7 Å². The van der Waals surface area contributed by atoms with Gasteiger partial charge in [0, 0.05) is 38.6 Å². The van der Waals surface area contributed by atoms with Crippen molar-refractivity contribution in [2.24, 2.45) is 0 Å². The lowest BCUT2D eigenvalue weighted by Crippen LogP contribution is -2.76. The second-order valence-corrected chi connectivity index (χ2v) is 21.3. The molecule has 4 aliphatic rings. The van der Waals surface area contributed by atoms with Gasteiger partial charge in [-0.15, -0.1) is 0 Å². The highest BCUT2D eigenvalue weighted by Gasteiger charge is 2.56. The third kappa shape index (κ3) is 3.47. The minimum Gasteiger partial charge on any atom is -0.310 e. The molecular weight excluding hydrogens is 740 g/mol. The fraction of sp³-hybridized carbons (Fsp3) is 0.0357. The molecule has 4 aliphatic heterocycles. The third-order valence-electron chi connectivity index (χ3n) is 14.7. The van der Waals surface area contributed by atoms with Crippen LogP contribution in [-0.4, -0.2) is 23.9 Å². The zero-order valence-electron chi connectivity index (χ0n) is 33.2. The van der Waals surface area contributed by atoms with E-state index in [9.17, 15) is 0 Å². The molecule has 0 N–H and O–H groups in total. The second-order valence-electron chi connectivity index (χ2n) is 17.7. The van der Waals surface area contributed by atoms with Crippen LogP contribution in [0.1, 0.15) is 11.1 Å². The summed E-state index contributed by atoms with van der Waals surface area (Å²) in [4.78, 5) is 0. The van der Waals surface area contributed by atoms with Crippen molar-refractivity contribution in [1.29, 1.82) is 0 Å². The molecule has 0 aliphatic carbocycles. The molecule has 6 heterocycles. The molecule has 9 aromatic carbocycles. The predicted octanol–water partition coefficient (Wildman–Crippen LogP) is 8.65. The topological polar surface area (TPSA) is 9.86 Å². The Balaban J connectivity index is 1.23. The molecule has 0 atom stereocenters. The lowest BCUT2D eigenvalue weighted by molar-refractivity contribution is 1.12. The Morgan fingerprint density at radius 1 is 0.450 bits per heavy atom. The van der Waals surface area contributed by atoms with Gasteiger partial charge in [-0.25, -0.2) is 0 Å². The summed E-state index contributed by atoms with van der Waals surface area (Å²) in [6.45, 7) is 4.68. The van der Waals surface area contributed by atoms with E-state index in [0.717, 1.165) is 0 Å². The van der Waals surface area contributed by atoms with E-state index in [0.29, 0.717) is 0 Å². The van der Waals surface area contributed by atoms with Gasteiger partial charge in [-0.3, -0.25) is 0 Å². The third-order valence-corrected chi connectivity index (χ3v) is 19.6. The Morgan fingerprint density at radius 3 is 1.82 bits per heavy atom. The van der Waals surface area contributed by atoms with Crippen molar-refractivity contribution in [2.75, 3.05) is 0 Å². The van der Waals surface area contributed by atoms with E-state index in [-0.39, 0.29) is 6.71 Å². The minimum absolute atomic E-state index is 0.0523. The zero-order valence-corrected chi connectivity index (χ0v) is 34.2. The van der Waals surface area contributed by atoms with Crippen LogP contribution in [0.4, 0.5) is 0 Å². The number of fused-ring (bicyclic) bond motifs is 13. The second kappa shape index (κ2) is 10.7. The lowest BCUT2D eigenvalue weighted by Gasteiger charge is -2.43. The summed E-state index contributed by atoms with van der Waals surface area (Å²) >= 11 is 0. The van der Waals surface area contributed by atoms with E-state index in [1.807, 2.05) is 0 Å². The quantitative estimate of drug-likeness (QED) is 0.156. The number of hydrogen-bond acceptors (Lipinski definition) is 0. The lowest BCUT2D eigenvalue weighted by atomic mass is 9.34. The van der Waals surface area contributed by atoms with Crippen LogP contribution in [-0.2, 0) is 0 Å². The molecule has 4 heteroatoms. The molecule has 0 bridgehead atoms. The summed E-state index contributed by atoms with van der Waals surface area (Å²) in [5, 5.41) is 12.8. The molecule has 1 spiro atoms. The van der Waals surface area contributed by atoms with Gasteiger partial charge in [-0.1, -0.05) is 169 Å². The van der Waals surface area contributed by atoms with Gasteiger partial charge >= 0.3 is 0 Å². The van der Waals surface area contributed by atoms with Crippen LogP contribution in [0.15, 0.2) is 176 Å². The van der Waals surface area contributed by atoms with Crippen molar-refractivity contribution >= 4 is 95.4 Å². The molecule has 0 amide bonds. The van der Waals surface area contributed by atoms with Crippen molar-refractivity contribution < 1.29 is 0 Å². The van der Waals surface area contributed by atoms with Gasteiger partial charge in [-0.2, -0.15) is 0 Å². The molecule has 2 aromatic heterocycles. The van der Waals surface area contributed by atoms with Gasteiger partial charge in [0.15, 0.2) is 8.07 Å². The molecular formula is C56H35BN2Si. The van der Waals surface area contributed by atoms with Crippen LogP contribution in [0, 0.1) is 13.8 Å². The van der Waals surface area contributed by atoms with Crippen LogP contribution in [0.3, 0.4) is 0 Å². The maximum absolute atomic E-state index is 2.84.